The van der Waals surface area contributed by atoms with E-state index in [-0.39, 0.29) is 5.56 Å². The van der Waals surface area contributed by atoms with Crippen LogP contribution in [0.5, 0.6) is 0 Å². The minimum Gasteiger partial charge on any atom is -0.480 e. The number of amides is 3. The van der Waals surface area contributed by atoms with E-state index in [0.29, 0.717) is 0 Å². The molecule has 0 heterocycles. The lowest BCUT2D eigenvalue weighted by Gasteiger charge is -2.13. The molecular weight excluding hydrogens is 481 g/mol. The molecule has 0 saturated heterocycles. The number of carboxylic acids is 3. The van der Waals surface area contributed by atoms with Gasteiger partial charge in [0, 0.05) is 0 Å². The molecule has 0 aliphatic rings. The summed E-state index contributed by atoms with van der Waals surface area (Å²) < 4.78 is 25.2. The highest BCUT2D eigenvalue weighted by atomic mass is 19.1. The number of alkyl carbamates (subject to hydrolysis) is 3. The fourth-order valence-corrected chi connectivity index (χ4v) is 1.64. The molecule has 0 aromatic heterocycles. The Morgan fingerprint density at radius 3 is 1.63 bits per heavy atom. The van der Waals surface area contributed by atoms with Gasteiger partial charge in [0.05, 0.1) is 21.3 Å². The van der Waals surface area contributed by atoms with Crippen molar-refractivity contribution < 1.29 is 62.7 Å². The van der Waals surface area contributed by atoms with E-state index < -0.39 is 60.6 Å². The van der Waals surface area contributed by atoms with Crippen molar-refractivity contribution in [3.63, 3.8) is 0 Å². The molecule has 15 nitrogen and oxygen atoms in total. The standard InChI is InChI=1S/C10H10FNO4.C5H9NO4.C4H7NO4/c1-16-10(15)12-8(9(13)14)6-2-4-7(11)5-3-6;1-3(4(7)8)6-5(9)10-2;1-9-4(8)5-2-3(6)7/h2-5,8H,1H3,(H,12,15)(H,13,14);3H,1-2H3,(H,6,9)(H,7,8);2H2,1H3,(H,5,8)(H,6,7)/t8-;3-;/m00./s1. The molecule has 0 saturated carbocycles. The summed E-state index contributed by atoms with van der Waals surface area (Å²) in [5, 5.41) is 31.3. The van der Waals surface area contributed by atoms with E-state index in [9.17, 15) is 33.2 Å². The molecule has 1 aromatic rings. The van der Waals surface area contributed by atoms with Crippen LogP contribution in [0.3, 0.4) is 0 Å². The molecule has 0 bridgehead atoms. The first-order chi connectivity index (χ1) is 16.3. The van der Waals surface area contributed by atoms with Gasteiger partial charge in [-0.3, -0.25) is 9.59 Å². The lowest BCUT2D eigenvalue weighted by Crippen LogP contribution is -2.38. The van der Waals surface area contributed by atoms with E-state index in [0.717, 1.165) is 26.4 Å². The number of hydrogen-bond donors (Lipinski definition) is 6. The highest BCUT2D eigenvalue weighted by Crippen LogP contribution is 2.14. The number of carbonyl (C=O) groups is 6. The Morgan fingerprint density at radius 2 is 1.26 bits per heavy atom. The van der Waals surface area contributed by atoms with Crippen molar-refractivity contribution >= 4 is 36.2 Å². The monoisotopic (exact) mass is 507 g/mol. The molecule has 0 spiro atoms. The van der Waals surface area contributed by atoms with Gasteiger partial charge in [0.25, 0.3) is 0 Å². The molecule has 1 rings (SSSR count). The summed E-state index contributed by atoms with van der Waals surface area (Å²) in [4.78, 5) is 62.0. The van der Waals surface area contributed by atoms with Gasteiger partial charge in [0.15, 0.2) is 6.04 Å². The number of hydrogen-bond acceptors (Lipinski definition) is 9. The Balaban J connectivity index is 0. The van der Waals surface area contributed by atoms with Crippen molar-refractivity contribution in [3.8, 4) is 0 Å². The first kappa shape index (κ1) is 32.5. The Bertz CT molecular complexity index is 863. The summed E-state index contributed by atoms with van der Waals surface area (Å²) in [6.45, 7) is 0.936. The second-order valence-electron chi connectivity index (χ2n) is 5.89. The number of rotatable bonds is 7. The lowest BCUT2D eigenvalue weighted by molar-refractivity contribution is -0.140. The van der Waals surface area contributed by atoms with Gasteiger partial charge in [-0.15, -0.1) is 0 Å². The van der Waals surface area contributed by atoms with Gasteiger partial charge in [-0.2, -0.15) is 0 Å². The van der Waals surface area contributed by atoms with Crippen LogP contribution in [0.2, 0.25) is 0 Å². The van der Waals surface area contributed by atoms with E-state index in [4.69, 9.17) is 15.3 Å². The van der Waals surface area contributed by atoms with E-state index in [1.165, 1.54) is 26.2 Å². The molecule has 0 unspecified atom stereocenters. The average molecular weight is 507 g/mol. The number of ether oxygens (including phenoxy) is 3. The van der Waals surface area contributed by atoms with E-state index in [1.807, 2.05) is 5.32 Å². The summed E-state index contributed by atoms with van der Waals surface area (Å²) in [5.41, 5.74) is 0.263. The molecule has 35 heavy (non-hydrogen) atoms. The average Bonchev–Trinajstić information content (AvgIpc) is 2.81. The maximum Gasteiger partial charge on any atom is 0.407 e. The zero-order valence-electron chi connectivity index (χ0n) is 19.1. The molecule has 0 fully saturated rings. The SMILES string of the molecule is COC(=O)NCC(=O)O.COC(=O)N[C@@H](C)C(=O)O.COC(=O)N[C@H](C(=O)O)c1ccc(F)cc1. The third kappa shape index (κ3) is 16.6. The van der Waals surface area contributed by atoms with Crippen molar-refractivity contribution in [3.05, 3.63) is 35.6 Å². The minimum atomic E-state index is -1.26. The molecule has 0 radical (unpaired) electrons. The van der Waals surface area contributed by atoms with E-state index in [2.05, 4.69) is 24.8 Å². The maximum atomic E-state index is 12.6. The third-order valence-electron chi connectivity index (χ3n) is 3.36. The van der Waals surface area contributed by atoms with Crippen molar-refractivity contribution in [1.82, 2.24) is 16.0 Å². The van der Waals surface area contributed by atoms with E-state index in [1.54, 1.807) is 0 Å². The highest BCUT2D eigenvalue weighted by Gasteiger charge is 2.22. The van der Waals surface area contributed by atoms with Crippen LogP contribution >= 0.6 is 0 Å². The molecule has 0 aliphatic heterocycles. The Morgan fingerprint density at radius 1 is 0.800 bits per heavy atom. The number of nitrogens with one attached hydrogen (secondary N) is 3. The fraction of sp³-hybridized carbons (Fsp3) is 0.368. The number of benzene rings is 1. The van der Waals surface area contributed by atoms with Gasteiger partial charge < -0.3 is 45.5 Å². The molecule has 16 heteroatoms. The predicted octanol–water partition coefficient (Wildman–Crippen LogP) is 0.550. The first-order valence-corrected chi connectivity index (χ1v) is 9.22. The van der Waals surface area contributed by atoms with Crippen LogP contribution in [-0.2, 0) is 28.6 Å². The van der Waals surface area contributed by atoms with Crippen LogP contribution in [-0.4, -0.2) is 85.4 Å². The predicted molar refractivity (Wildman–Crippen MR) is 113 cm³/mol. The highest BCUT2D eigenvalue weighted by molar-refractivity contribution is 5.81. The first-order valence-electron chi connectivity index (χ1n) is 9.22. The maximum absolute atomic E-state index is 12.6. The number of carbonyl (C=O) groups excluding carboxylic acids is 3. The molecule has 1 aromatic carbocycles. The molecule has 6 N–H and O–H groups in total. The molecule has 196 valence electrons. The zero-order chi connectivity index (χ0) is 27.6. The van der Waals surface area contributed by atoms with Gasteiger partial charge in [-0.1, -0.05) is 12.1 Å². The second-order valence-corrected chi connectivity index (χ2v) is 5.89. The third-order valence-corrected chi connectivity index (χ3v) is 3.36. The van der Waals surface area contributed by atoms with Crippen LogP contribution in [0, 0.1) is 5.82 Å². The lowest BCUT2D eigenvalue weighted by atomic mass is 10.1. The number of methoxy groups -OCH3 is 3. The number of carboxylic acid groups (broad SMARTS) is 3. The van der Waals surface area contributed by atoms with Crippen LogP contribution in [0.25, 0.3) is 0 Å². The van der Waals surface area contributed by atoms with Crippen LogP contribution in [0.1, 0.15) is 18.5 Å². The topological polar surface area (TPSA) is 227 Å². The van der Waals surface area contributed by atoms with Gasteiger partial charge in [-0.25, -0.2) is 23.6 Å². The zero-order valence-corrected chi connectivity index (χ0v) is 19.1. The van der Waals surface area contributed by atoms with Gasteiger partial charge >= 0.3 is 36.2 Å². The normalized spacial score (nSPS) is 10.8. The summed E-state index contributed by atoms with van der Waals surface area (Å²) in [6.07, 6.45) is -2.34. The minimum absolute atomic E-state index is 0.263. The number of halogens is 1. The molecule has 3 amide bonds. The summed E-state index contributed by atoms with van der Waals surface area (Å²) >= 11 is 0. The van der Waals surface area contributed by atoms with Crippen molar-refractivity contribution in [2.75, 3.05) is 27.9 Å². The summed E-state index contributed by atoms with van der Waals surface area (Å²) in [5.74, 6) is -3.92. The Labute approximate surface area is 198 Å². The number of aliphatic carboxylic acids is 3. The molecular formula is C19H26FN3O12. The van der Waals surface area contributed by atoms with Crippen LogP contribution in [0.15, 0.2) is 24.3 Å². The summed E-state index contributed by atoms with van der Waals surface area (Å²) in [6, 6.07) is 2.63. The molecule has 0 aliphatic carbocycles. The summed E-state index contributed by atoms with van der Waals surface area (Å²) in [7, 11) is 3.46. The van der Waals surface area contributed by atoms with Gasteiger partial charge in [0.1, 0.15) is 18.4 Å². The van der Waals surface area contributed by atoms with Crippen molar-refractivity contribution in [1.29, 1.82) is 0 Å². The van der Waals surface area contributed by atoms with E-state index >= 15 is 0 Å². The second kappa shape index (κ2) is 17.9. The van der Waals surface area contributed by atoms with Crippen LogP contribution in [0.4, 0.5) is 18.8 Å². The smallest absolute Gasteiger partial charge is 0.407 e. The van der Waals surface area contributed by atoms with Crippen molar-refractivity contribution in [2.45, 2.75) is 19.0 Å². The Kier molecular flexibility index (Phi) is 16.6. The van der Waals surface area contributed by atoms with Gasteiger partial charge in [-0.05, 0) is 24.6 Å². The quantitative estimate of drug-likeness (QED) is 0.278. The van der Waals surface area contributed by atoms with Gasteiger partial charge in [0.2, 0.25) is 0 Å². The van der Waals surface area contributed by atoms with Crippen LogP contribution < -0.4 is 16.0 Å². The fourth-order valence-electron chi connectivity index (χ4n) is 1.64. The van der Waals surface area contributed by atoms with Crippen molar-refractivity contribution in [2.24, 2.45) is 0 Å². The molecule has 2 atom stereocenters. The Hall–Kier alpha value is -4.63. The largest absolute Gasteiger partial charge is 0.480 e.